The maximum absolute atomic E-state index is 5.90. The van der Waals surface area contributed by atoms with Crippen LogP contribution in [-0.4, -0.2) is 23.0 Å². The lowest BCUT2D eigenvalue weighted by Crippen LogP contribution is -2.25. The summed E-state index contributed by atoms with van der Waals surface area (Å²) in [6.45, 7) is 7.20. The molecule has 1 aromatic carbocycles. The number of rotatable bonds is 2. The third-order valence-corrected chi connectivity index (χ3v) is 4.30. The molecule has 23 heavy (non-hydrogen) atoms. The zero-order valence-electron chi connectivity index (χ0n) is 13.5. The van der Waals surface area contributed by atoms with Gasteiger partial charge in [-0.25, -0.2) is 4.98 Å². The standard InChI is InChI=1S/C19H20N2O2/c1-13-4-3-5-15-10-16-11-21(12-17-7-6-14(2)23-17)8-9-22-19(16)20-18(13)15/h3-7,10H,8-9,11-12H2,1-2H3. The second-order valence-electron chi connectivity index (χ2n) is 6.17. The number of nitrogens with zero attached hydrogens (tertiary/aromatic N) is 2. The van der Waals surface area contributed by atoms with Crippen LogP contribution in [0, 0.1) is 13.8 Å². The van der Waals surface area contributed by atoms with Crippen molar-refractivity contribution in [1.29, 1.82) is 0 Å². The highest BCUT2D eigenvalue weighted by Gasteiger charge is 2.18. The third-order valence-electron chi connectivity index (χ3n) is 4.30. The molecule has 4 rings (SSSR count). The molecule has 0 fully saturated rings. The van der Waals surface area contributed by atoms with E-state index < -0.39 is 0 Å². The van der Waals surface area contributed by atoms with E-state index in [-0.39, 0.29) is 0 Å². The quantitative estimate of drug-likeness (QED) is 0.721. The maximum Gasteiger partial charge on any atom is 0.218 e. The van der Waals surface area contributed by atoms with Gasteiger partial charge in [0.2, 0.25) is 5.88 Å². The fourth-order valence-corrected chi connectivity index (χ4v) is 3.13. The number of hydrogen-bond donors (Lipinski definition) is 0. The van der Waals surface area contributed by atoms with Crippen molar-refractivity contribution in [3.05, 3.63) is 59.0 Å². The van der Waals surface area contributed by atoms with Gasteiger partial charge in [0.1, 0.15) is 18.1 Å². The molecule has 1 aliphatic heterocycles. The fraction of sp³-hybridized carbons (Fsp3) is 0.316. The summed E-state index contributed by atoms with van der Waals surface area (Å²) in [4.78, 5) is 7.09. The van der Waals surface area contributed by atoms with Crippen molar-refractivity contribution in [2.45, 2.75) is 26.9 Å². The molecule has 0 saturated carbocycles. The Morgan fingerprint density at radius 2 is 2.09 bits per heavy atom. The molecule has 0 radical (unpaired) electrons. The van der Waals surface area contributed by atoms with Crippen molar-refractivity contribution in [2.75, 3.05) is 13.2 Å². The second-order valence-corrected chi connectivity index (χ2v) is 6.17. The van der Waals surface area contributed by atoms with Crippen LogP contribution in [0.2, 0.25) is 0 Å². The van der Waals surface area contributed by atoms with E-state index in [4.69, 9.17) is 14.1 Å². The molecule has 0 N–H and O–H groups in total. The molecular formula is C19H20N2O2. The number of fused-ring (bicyclic) bond motifs is 2. The van der Waals surface area contributed by atoms with E-state index in [1.807, 2.05) is 19.1 Å². The third kappa shape index (κ3) is 2.82. The first-order valence-corrected chi connectivity index (χ1v) is 7.99. The maximum atomic E-state index is 5.90. The largest absolute Gasteiger partial charge is 0.476 e. The molecule has 0 unspecified atom stereocenters. The van der Waals surface area contributed by atoms with Crippen molar-refractivity contribution < 1.29 is 9.15 Å². The van der Waals surface area contributed by atoms with Gasteiger partial charge in [-0.3, -0.25) is 4.90 Å². The van der Waals surface area contributed by atoms with Crippen LogP contribution in [0.1, 0.15) is 22.6 Å². The van der Waals surface area contributed by atoms with E-state index in [2.05, 4.69) is 36.1 Å². The summed E-state index contributed by atoms with van der Waals surface area (Å²) in [7, 11) is 0. The molecule has 4 nitrogen and oxygen atoms in total. The Bertz CT molecular complexity index is 854. The number of furan rings is 1. The lowest BCUT2D eigenvalue weighted by atomic mass is 10.1. The van der Waals surface area contributed by atoms with Crippen LogP contribution in [0.4, 0.5) is 0 Å². The smallest absolute Gasteiger partial charge is 0.218 e. The number of para-hydroxylation sites is 1. The molecule has 0 aliphatic carbocycles. The normalized spacial score (nSPS) is 15.2. The van der Waals surface area contributed by atoms with Crippen LogP contribution in [-0.2, 0) is 13.1 Å². The van der Waals surface area contributed by atoms with Crippen molar-refractivity contribution >= 4 is 10.9 Å². The van der Waals surface area contributed by atoms with Crippen molar-refractivity contribution in [3.8, 4) is 5.88 Å². The summed E-state index contributed by atoms with van der Waals surface area (Å²) in [6.07, 6.45) is 0. The minimum Gasteiger partial charge on any atom is -0.476 e. The van der Waals surface area contributed by atoms with E-state index in [1.54, 1.807) is 0 Å². The predicted molar refractivity (Wildman–Crippen MR) is 89.5 cm³/mol. The number of aryl methyl sites for hydroxylation is 2. The SMILES string of the molecule is Cc1ccc(CN2CCOc3nc4c(C)cccc4cc3C2)o1. The van der Waals surface area contributed by atoms with Gasteiger partial charge in [-0.2, -0.15) is 0 Å². The summed E-state index contributed by atoms with van der Waals surface area (Å²) >= 11 is 0. The summed E-state index contributed by atoms with van der Waals surface area (Å²) in [5.74, 6) is 2.72. The molecule has 0 saturated heterocycles. The van der Waals surface area contributed by atoms with Crippen LogP contribution in [0.15, 0.2) is 40.8 Å². The zero-order valence-corrected chi connectivity index (χ0v) is 13.5. The Labute approximate surface area is 135 Å². The van der Waals surface area contributed by atoms with E-state index in [1.165, 1.54) is 10.9 Å². The number of ether oxygens (including phenoxy) is 1. The Morgan fingerprint density at radius 3 is 2.91 bits per heavy atom. The molecule has 4 heteroatoms. The Balaban J connectivity index is 1.65. The first-order valence-electron chi connectivity index (χ1n) is 7.99. The van der Waals surface area contributed by atoms with Crippen LogP contribution < -0.4 is 4.74 Å². The Kier molecular flexibility index (Phi) is 3.54. The number of aromatic nitrogens is 1. The molecule has 0 bridgehead atoms. The monoisotopic (exact) mass is 308 g/mol. The molecule has 118 valence electrons. The van der Waals surface area contributed by atoms with Gasteiger partial charge in [-0.05, 0) is 37.6 Å². The Hall–Kier alpha value is -2.33. The summed E-state index contributed by atoms with van der Waals surface area (Å²) < 4.78 is 11.6. The van der Waals surface area contributed by atoms with Crippen LogP contribution in [0.5, 0.6) is 5.88 Å². The number of hydrogen-bond acceptors (Lipinski definition) is 4. The highest BCUT2D eigenvalue weighted by molar-refractivity contribution is 5.83. The fourth-order valence-electron chi connectivity index (χ4n) is 3.13. The average molecular weight is 308 g/mol. The lowest BCUT2D eigenvalue weighted by molar-refractivity contribution is 0.204. The lowest BCUT2D eigenvalue weighted by Gasteiger charge is -2.17. The second kappa shape index (κ2) is 5.70. The van der Waals surface area contributed by atoms with E-state index in [0.717, 1.165) is 48.1 Å². The van der Waals surface area contributed by atoms with E-state index in [0.29, 0.717) is 6.61 Å². The Morgan fingerprint density at radius 1 is 1.17 bits per heavy atom. The van der Waals surface area contributed by atoms with Gasteiger partial charge in [0.25, 0.3) is 0 Å². The molecule has 0 atom stereocenters. The molecular weight excluding hydrogens is 288 g/mol. The van der Waals surface area contributed by atoms with Gasteiger partial charge < -0.3 is 9.15 Å². The van der Waals surface area contributed by atoms with Crippen LogP contribution in [0.3, 0.4) is 0 Å². The van der Waals surface area contributed by atoms with Crippen molar-refractivity contribution in [3.63, 3.8) is 0 Å². The van der Waals surface area contributed by atoms with Gasteiger partial charge in [0.15, 0.2) is 0 Å². The van der Waals surface area contributed by atoms with Gasteiger partial charge in [-0.1, -0.05) is 18.2 Å². The van der Waals surface area contributed by atoms with Crippen molar-refractivity contribution in [1.82, 2.24) is 9.88 Å². The zero-order chi connectivity index (χ0) is 15.8. The number of pyridine rings is 1. The first kappa shape index (κ1) is 14.3. The molecule has 1 aliphatic rings. The first-order chi connectivity index (χ1) is 11.2. The van der Waals surface area contributed by atoms with Crippen molar-refractivity contribution in [2.24, 2.45) is 0 Å². The summed E-state index contributed by atoms with van der Waals surface area (Å²) in [5, 5.41) is 1.17. The molecule has 0 amide bonds. The van der Waals surface area contributed by atoms with Gasteiger partial charge in [0.05, 0.1) is 12.1 Å². The van der Waals surface area contributed by atoms with E-state index in [9.17, 15) is 0 Å². The summed E-state index contributed by atoms with van der Waals surface area (Å²) in [6, 6.07) is 12.5. The van der Waals surface area contributed by atoms with Gasteiger partial charge >= 0.3 is 0 Å². The molecule has 3 aromatic rings. The van der Waals surface area contributed by atoms with Crippen LogP contribution in [0.25, 0.3) is 10.9 Å². The minimum atomic E-state index is 0.650. The molecule has 0 spiro atoms. The molecule has 3 heterocycles. The van der Waals surface area contributed by atoms with Gasteiger partial charge in [0, 0.05) is 24.0 Å². The minimum absolute atomic E-state index is 0.650. The predicted octanol–water partition coefficient (Wildman–Crippen LogP) is 3.84. The molecule has 2 aromatic heterocycles. The highest BCUT2D eigenvalue weighted by Crippen LogP contribution is 2.27. The highest BCUT2D eigenvalue weighted by atomic mass is 16.5. The van der Waals surface area contributed by atoms with Crippen LogP contribution >= 0.6 is 0 Å². The average Bonchev–Trinajstić information content (AvgIpc) is 2.83. The summed E-state index contributed by atoms with van der Waals surface area (Å²) in [5.41, 5.74) is 3.35. The van der Waals surface area contributed by atoms with E-state index >= 15 is 0 Å². The van der Waals surface area contributed by atoms with Gasteiger partial charge in [-0.15, -0.1) is 0 Å². The topological polar surface area (TPSA) is 38.5 Å². The number of benzene rings is 1.